The van der Waals surface area contributed by atoms with Gasteiger partial charge >= 0.3 is 6.03 Å². The topological polar surface area (TPSA) is 87.3 Å². The smallest absolute Gasteiger partial charge is 0.319 e. The summed E-state index contributed by atoms with van der Waals surface area (Å²) < 4.78 is 39.6. The summed E-state index contributed by atoms with van der Waals surface area (Å²) in [6.07, 6.45) is 0. The van der Waals surface area contributed by atoms with Gasteiger partial charge in [0, 0.05) is 17.8 Å². The predicted molar refractivity (Wildman–Crippen MR) is 89.7 cm³/mol. The maximum Gasteiger partial charge on any atom is 0.319 e. The van der Waals surface area contributed by atoms with E-state index in [-0.39, 0.29) is 11.4 Å². The fourth-order valence-corrected chi connectivity index (χ4v) is 3.06. The molecule has 2 amide bonds. The third-order valence-corrected chi connectivity index (χ3v) is 4.96. The van der Waals surface area contributed by atoms with Crippen LogP contribution in [0.25, 0.3) is 0 Å². The fourth-order valence-electron chi connectivity index (χ4n) is 2.07. The molecule has 2 aromatic rings. The number of rotatable bonds is 5. The zero-order valence-electron chi connectivity index (χ0n) is 13.3. The quantitative estimate of drug-likeness (QED) is 0.773. The Hall–Kier alpha value is -2.45. The molecular weight excluding hydrogens is 333 g/mol. The molecule has 0 aliphatic rings. The van der Waals surface area contributed by atoms with Gasteiger partial charge in [0.1, 0.15) is 5.82 Å². The van der Waals surface area contributed by atoms with Gasteiger partial charge in [0.05, 0.1) is 4.90 Å². The summed E-state index contributed by atoms with van der Waals surface area (Å²) >= 11 is 0. The van der Waals surface area contributed by atoms with Crippen LogP contribution in [0, 0.1) is 12.7 Å². The Morgan fingerprint density at radius 2 is 1.88 bits per heavy atom. The fraction of sp³-hybridized carbons (Fsp3) is 0.188. The Balaban J connectivity index is 2.07. The number of carbonyl (C=O) groups is 1. The van der Waals surface area contributed by atoms with Crippen molar-refractivity contribution in [1.82, 2.24) is 10.0 Å². The molecule has 3 N–H and O–H groups in total. The zero-order valence-corrected chi connectivity index (χ0v) is 14.1. The highest BCUT2D eigenvalue weighted by Gasteiger charge is 2.15. The largest absolute Gasteiger partial charge is 0.334 e. The summed E-state index contributed by atoms with van der Waals surface area (Å²) in [5, 5.41) is 5.05. The predicted octanol–water partition coefficient (Wildman–Crippen LogP) is 2.36. The molecule has 0 saturated carbocycles. The Morgan fingerprint density at radius 3 is 2.54 bits per heavy atom. The number of sulfonamides is 1. The minimum atomic E-state index is -3.62. The maximum absolute atomic E-state index is 13.5. The number of urea groups is 1. The monoisotopic (exact) mass is 351 g/mol. The second-order valence-electron chi connectivity index (χ2n) is 5.09. The molecule has 8 heteroatoms. The highest BCUT2D eigenvalue weighted by atomic mass is 32.2. The van der Waals surface area contributed by atoms with Crippen LogP contribution < -0.4 is 15.4 Å². The average Bonchev–Trinajstić information content (AvgIpc) is 2.55. The van der Waals surface area contributed by atoms with Crippen LogP contribution in [0.15, 0.2) is 47.4 Å². The van der Waals surface area contributed by atoms with Crippen LogP contribution in [0.2, 0.25) is 0 Å². The molecule has 6 nitrogen and oxygen atoms in total. The Kier molecular flexibility index (Phi) is 5.53. The third kappa shape index (κ3) is 4.30. The SMILES string of the molecule is CNS(=O)(=O)c1cc(NC(=O)NCc2ccccc2F)ccc1C. The van der Waals surface area contributed by atoms with Gasteiger partial charge in [0.15, 0.2) is 0 Å². The first-order valence-corrected chi connectivity index (χ1v) is 8.64. The minimum absolute atomic E-state index is 0.0199. The van der Waals surface area contributed by atoms with E-state index in [1.165, 1.54) is 19.2 Å². The van der Waals surface area contributed by atoms with Crippen molar-refractivity contribution in [3.63, 3.8) is 0 Å². The zero-order chi connectivity index (χ0) is 17.7. The van der Waals surface area contributed by atoms with Crippen molar-refractivity contribution < 1.29 is 17.6 Å². The highest BCUT2D eigenvalue weighted by molar-refractivity contribution is 7.89. The molecule has 0 aliphatic carbocycles. The van der Waals surface area contributed by atoms with Crippen molar-refractivity contribution in [2.75, 3.05) is 12.4 Å². The lowest BCUT2D eigenvalue weighted by Crippen LogP contribution is -2.28. The van der Waals surface area contributed by atoms with E-state index in [1.807, 2.05) is 0 Å². The van der Waals surface area contributed by atoms with Gasteiger partial charge in [0.25, 0.3) is 0 Å². The number of nitrogens with one attached hydrogen (secondary N) is 3. The molecular formula is C16H18FN3O3S. The molecule has 2 rings (SSSR count). The third-order valence-electron chi connectivity index (χ3n) is 3.40. The second-order valence-corrected chi connectivity index (χ2v) is 6.94. The maximum atomic E-state index is 13.5. The second kappa shape index (κ2) is 7.41. The molecule has 0 heterocycles. The van der Waals surface area contributed by atoms with Crippen LogP contribution in [-0.2, 0) is 16.6 Å². The minimum Gasteiger partial charge on any atom is -0.334 e. The van der Waals surface area contributed by atoms with E-state index in [9.17, 15) is 17.6 Å². The van der Waals surface area contributed by atoms with Gasteiger partial charge in [-0.05, 0) is 37.7 Å². The summed E-state index contributed by atoms with van der Waals surface area (Å²) in [6, 6.07) is 10.1. The van der Waals surface area contributed by atoms with Gasteiger partial charge in [-0.2, -0.15) is 0 Å². The first kappa shape index (κ1) is 17.9. The summed E-state index contributed by atoms with van der Waals surface area (Å²) in [4.78, 5) is 12.0. The van der Waals surface area contributed by atoms with E-state index in [2.05, 4.69) is 15.4 Å². The number of halogens is 1. The number of benzene rings is 2. The molecule has 0 spiro atoms. The Bertz CT molecular complexity index is 853. The molecule has 0 unspecified atom stereocenters. The molecule has 128 valence electrons. The van der Waals surface area contributed by atoms with Crippen molar-refractivity contribution in [1.29, 1.82) is 0 Å². The summed E-state index contributed by atoms with van der Waals surface area (Å²) in [5.74, 6) is -0.407. The number of hydrogen-bond acceptors (Lipinski definition) is 3. The first-order chi connectivity index (χ1) is 11.3. The van der Waals surface area contributed by atoms with E-state index in [0.717, 1.165) is 0 Å². The van der Waals surface area contributed by atoms with Crippen LogP contribution in [0.1, 0.15) is 11.1 Å². The van der Waals surface area contributed by atoms with E-state index >= 15 is 0 Å². The standard InChI is InChI=1S/C16H18FN3O3S/c1-11-7-8-13(9-15(11)24(22,23)18-2)20-16(21)19-10-12-5-3-4-6-14(12)17/h3-9,18H,10H2,1-2H3,(H2,19,20,21). The number of amides is 2. The van der Waals surface area contributed by atoms with Gasteiger partial charge in [-0.15, -0.1) is 0 Å². The van der Waals surface area contributed by atoms with E-state index < -0.39 is 21.9 Å². The lowest BCUT2D eigenvalue weighted by molar-refractivity contribution is 0.251. The molecule has 2 aromatic carbocycles. The molecule has 0 saturated heterocycles. The molecule has 0 atom stereocenters. The van der Waals surface area contributed by atoms with E-state index in [0.29, 0.717) is 16.8 Å². The van der Waals surface area contributed by atoms with E-state index in [1.54, 1.807) is 37.3 Å². The molecule has 0 fully saturated rings. The molecule has 0 aromatic heterocycles. The summed E-state index contributed by atoms with van der Waals surface area (Å²) in [6.45, 7) is 1.68. The van der Waals surface area contributed by atoms with Crippen molar-refractivity contribution in [2.45, 2.75) is 18.4 Å². The van der Waals surface area contributed by atoms with Crippen LogP contribution in [0.3, 0.4) is 0 Å². The van der Waals surface area contributed by atoms with Crippen LogP contribution in [-0.4, -0.2) is 21.5 Å². The van der Waals surface area contributed by atoms with Gasteiger partial charge in [0.2, 0.25) is 10.0 Å². The number of carbonyl (C=O) groups excluding carboxylic acids is 1. The summed E-state index contributed by atoms with van der Waals surface area (Å²) in [7, 11) is -2.30. The van der Waals surface area contributed by atoms with Crippen LogP contribution in [0.4, 0.5) is 14.9 Å². The van der Waals surface area contributed by atoms with Gasteiger partial charge in [-0.3, -0.25) is 0 Å². The molecule has 0 aliphatic heterocycles. The normalized spacial score (nSPS) is 11.1. The van der Waals surface area contributed by atoms with Crippen molar-refractivity contribution in [2.24, 2.45) is 0 Å². The number of aryl methyl sites for hydroxylation is 1. The van der Waals surface area contributed by atoms with Crippen molar-refractivity contribution >= 4 is 21.7 Å². The van der Waals surface area contributed by atoms with Crippen LogP contribution in [0.5, 0.6) is 0 Å². The highest BCUT2D eigenvalue weighted by Crippen LogP contribution is 2.19. The van der Waals surface area contributed by atoms with Crippen LogP contribution >= 0.6 is 0 Å². The van der Waals surface area contributed by atoms with Gasteiger partial charge < -0.3 is 10.6 Å². The Morgan fingerprint density at radius 1 is 1.17 bits per heavy atom. The summed E-state index contributed by atoms with van der Waals surface area (Å²) in [5.41, 5.74) is 1.23. The lowest BCUT2D eigenvalue weighted by atomic mass is 10.2. The molecule has 24 heavy (non-hydrogen) atoms. The van der Waals surface area contributed by atoms with E-state index in [4.69, 9.17) is 0 Å². The van der Waals surface area contributed by atoms with Gasteiger partial charge in [-0.25, -0.2) is 22.3 Å². The molecule has 0 radical (unpaired) electrons. The average molecular weight is 351 g/mol. The van der Waals surface area contributed by atoms with Gasteiger partial charge in [-0.1, -0.05) is 24.3 Å². The first-order valence-electron chi connectivity index (χ1n) is 7.16. The van der Waals surface area contributed by atoms with Crippen molar-refractivity contribution in [3.05, 3.63) is 59.4 Å². The van der Waals surface area contributed by atoms with Crippen molar-refractivity contribution in [3.8, 4) is 0 Å². The number of anilines is 1. The number of hydrogen-bond donors (Lipinski definition) is 3. The molecule has 0 bridgehead atoms. The Labute approximate surface area is 140 Å². The lowest BCUT2D eigenvalue weighted by Gasteiger charge is -2.11.